The Labute approximate surface area is 165 Å². The molecule has 2 amide bonds. The topological polar surface area (TPSA) is 142 Å². The van der Waals surface area contributed by atoms with E-state index in [1.165, 1.54) is 17.0 Å². The highest BCUT2D eigenvalue weighted by atomic mass is 35.5. The molecule has 4 heterocycles. The van der Waals surface area contributed by atoms with E-state index >= 15 is 0 Å². The van der Waals surface area contributed by atoms with Crippen LogP contribution in [0, 0.1) is 0 Å². The fourth-order valence-electron chi connectivity index (χ4n) is 3.07. The number of fused-ring (bicyclic) bond motifs is 1. The molecule has 1 aliphatic rings. The van der Waals surface area contributed by atoms with Gasteiger partial charge in [-0.1, -0.05) is 0 Å². The molecule has 1 unspecified atom stereocenters. The van der Waals surface area contributed by atoms with Gasteiger partial charge < -0.3 is 25.5 Å². The van der Waals surface area contributed by atoms with Crippen LogP contribution in [0.2, 0.25) is 0 Å². The first-order valence-corrected chi connectivity index (χ1v) is 8.41. The van der Waals surface area contributed by atoms with E-state index in [0.29, 0.717) is 43.4 Å². The first-order chi connectivity index (χ1) is 13.1. The molecular weight excluding hydrogens is 388 g/mol. The lowest BCUT2D eigenvalue weighted by Crippen LogP contribution is -2.48. The van der Waals surface area contributed by atoms with E-state index < -0.39 is 5.91 Å². The van der Waals surface area contributed by atoms with Gasteiger partial charge in [0.1, 0.15) is 17.7 Å². The summed E-state index contributed by atoms with van der Waals surface area (Å²) >= 11 is 0. The van der Waals surface area contributed by atoms with E-state index in [1.54, 1.807) is 23.1 Å². The van der Waals surface area contributed by atoms with E-state index in [9.17, 15) is 9.59 Å². The average molecular weight is 407 g/mol. The Morgan fingerprint density at radius 3 is 2.86 bits per heavy atom. The van der Waals surface area contributed by atoms with Crippen LogP contribution in [0.15, 0.2) is 35.2 Å². The summed E-state index contributed by atoms with van der Waals surface area (Å²) in [6.45, 7) is 1.55. The van der Waals surface area contributed by atoms with Gasteiger partial charge in [0, 0.05) is 19.6 Å². The molecule has 148 valence electrons. The number of carbonyl (C=O) groups is 2. The third kappa shape index (κ3) is 3.44. The Morgan fingerprint density at radius 1 is 1.36 bits per heavy atom. The molecule has 0 spiro atoms. The van der Waals surface area contributed by atoms with Gasteiger partial charge in [0.05, 0.1) is 19.0 Å². The molecule has 28 heavy (non-hydrogen) atoms. The standard InChI is InChI=1S/C17H18N6O4.ClH/c18-7-10-8-22(3-5-26-10)17(25)12-6-11(13-2-1-4-27-13)21-16-14(15(19)24)20-9-23(12)16;/h1-2,4,6,9-10H,3,5,7-8,18H2,(H2,19,24);1H. The number of nitrogens with two attached hydrogens (primary N) is 2. The highest BCUT2D eigenvalue weighted by Crippen LogP contribution is 2.23. The summed E-state index contributed by atoms with van der Waals surface area (Å²) in [6, 6.07) is 5.03. The predicted octanol–water partition coefficient (Wildman–Crippen LogP) is 0.310. The Morgan fingerprint density at radius 2 is 2.18 bits per heavy atom. The molecule has 0 radical (unpaired) electrons. The van der Waals surface area contributed by atoms with Crippen molar-refractivity contribution in [2.45, 2.75) is 6.10 Å². The van der Waals surface area contributed by atoms with Crippen molar-refractivity contribution < 1.29 is 18.7 Å². The van der Waals surface area contributed by atoms with Crippen molar-refractivity contribution in [3.05, 3.63) is 42.2 Å². The third-order valence-electron chi connectivity index (χ3n) is 4.42. The largest absolute Gasteiger partial charge is 0.463 e. The quantitative estimate of drug-likeness (QED) is 0.634. The molecule has 11 heteroatoms. The highest BCUT2D eigenvalue weighted by molar-refractivity contribution is 5.99. The second-order valence-electron chi connectivity index (χ2n) is 6.13. The molecular formula is C17H19ClN6O4. The number of ether oxygens (including phenoxy) is 1. The van der Waals surface area contributed by atoms with Gasteiger partial charge in [-0.2, -0.15) is 0 Å². The van der Waals surface area contributed by atoms with Crippen molar-refractivity contribution >= 4 is 29.9 Å². The molecule has 3 aromatic rings. The fraction of sp³-hybridized carbons (Fsp3) is 0.294. The van der Waals surface area contributed by atoms with Gasteiger partial charge in [-0.25, -0.2) is 9.97 Å². The Bertz CT molecular complexity index is 1000. The number of halogens is 1. The van der Waals surface area contributed by atoms with Crippen molar-refractivity contribution in [1.82, 2.24) is 19.3 Å². The minimum Gasteiger partial charge on any atom is -0.463 e. The van der Waals surface area contributed by atoms with Crippen LogP contribution in [0.4, 0.5) is 0 Å². The van der Waals surface area contributed by atoms with Crippen LogP contribution in [0.3, 0.4) is 0 Å². The minimum atomic E-state index is -0.727. The van der Waals surface area contributed by atoms with Crippen LogP contribution in [0.5, 0.6) is 0 Å². The first-order valence-electron chi connectivity index (χ1n) is 8.41. The van der Waals surface area contributed by atoms with Gasteiger partial charge >= 0.3 is 0 Å². The van der Waals surface area contributed by atoms with Gasteiger partial charge in [0.25, 0.3) is 11.8 Å². The molecule has 1 aliphatic heterocycles. The molecule has 0 aliphatic carbocycles. The SMILES string of the molecule is Cl.NCC1CN(C(=O)c2cc(-c3ccco3)nc3c(C(N)=O)ncn23)CCO1. The van der Waals surface area contributed by atoms with Crippen LogP contribution in [-0.2, 0) is 4.74 Å². The van der Waals surface area contributed by atoms with E-state index in [1.807, 2.05) is 0 Å². The molecule has 0 aromatic carbocycles. The fourth-order valence-corrected chi connectivity index (χ4v) is 3.07. The van der Waals surface area contributed by atoms with E-state index in [4.69, 9.17) is 20.6 Å². The van der Waals surface area contributed by atoms with Crippen LogP contribution in [-0.4, -0.2) is 63.4 Å². The maximum Gasteiger partial charge on any atom is 0.271 e. The van der Waals surface area contributed by atoms with Gasteiger partial charge in [-0.15, -0.1) is 12.4 Å². The monoisotopic (exact) mass is 406 g/mol. The van der Waals surface area contributed by atoms with Crippen LogP contribution < -0.4 is 11.5 Å². The minimum absolute atomic E-state index is 0. The molecule has 4 N–H and O–H groups in total. The third-order valence-corrected chi connectivity index (χ3v) is 4.42. The van der Waals surface area contributed by atoms with E-state index in [2.05, 4.69) is 9.97 Å². The number of hydrogen-bond donors (Lipinski definition) is 2. The zero-order valence-corrected chi connectivity index (χ0v) is 15.6. The number of carbonyl (C=O) groups excluding carboxylic acids is 2. The second-order valence-corrected chi connectivity index (χ2v) is 6.13. The number of primary amides is 1. The van der Waals surface area contributed by atoms with E-state index in [0.717, 1.165) is 0 Å². The molecule has 0 bridgehead atoms. The van der Waals surface area contributed by atoms with Gasteiger partial charge in [0.15, 0.2) is 17.1 Å². The molecule has 4 rings (SSSR count). The average Bonchev–Trinajstić information content (AvgIpc) is 3.36. The summed E-state index contributed by atoms with van der Waals surface area (Å²) in [7, 11) is 0. The number of morpholine rings is 1. The number of furan rings is 1. The lowest BCUT2D eigenvalue weighted by Gasteiger charge is -2.32. The maximum absolute atomic E-state index is 13.2. The van der Waals surface area contributed by atoms with Crippen LogP contribution in [0.25, 0.3) is 17.1 Å². The molecule has 0 saturated carbocycles. The summed E-state index contributed by atoms with van der Waals surface area (Å²) in [5.41, 5.74) is 11.9. The van der Waals surface area contributed by atoms with Crippen LogP contribution in [0.1, 0.15) is 21.0 Å². The highest BCUT2D eigenvalue weighted by Gasteiger charge is 2.27. The first kappa shape index (κ1) is 19.8. The summed E-state index contributed by atoms with van der Waals surface area (Å²) in [4.78, 5) is 35.0. The number of amides is 2. The number of rotatable bonds is 4. The molecule has 1 fully saturated rings. The lowest BCUT2D eigenvalue weighted by atomic mass is 10.2. The number of imidazole rings is 1. The number of nitrogens with zero attached hydrogens (tertiary/aromatic N) is 4. The zero-order valence-electron chi connectivity index (χ0n) is 14.8. The normalized spacial score (nSPS) is 16.8. The summed E-state index contributed by atoms with van der Waals surface area (Å²) in [5.74, 6) is -0.509. The van der Waals surface area contributed by atoms with Crippen molar-refractivity contribution in [2.75, 3.05) is 26.2 Å². The van der Waals surface area contributed by atoms with Crippen molar-refractivity contribution in [1.29, 1.82) is 0 Å². The molecule has 10 nitrogen and oxygen atoms in total. The molecule has 1 saturated heterocycles. The zero-order chi connectivity index (χ0) is 19.0. The van der Waals surface area contributed by atoms with Crippen LogP contribution >= 0.6 is 12.4 Å². The lowest BCUT2D eigenvalue weighted by molar-refractivity contribution is -0.0170. The smallest absolute Gasteiger partial charge is 0.271 e. The Balaban J connectivity index is 0.00000225. The summed E-state index contributed by atoms with van der Waals surface area (Å²) in [5, 5.41) is 0. The van der Waals surface area contributed by atoms with Crippen molar-refractivity contribution in [3.63, 3.8) is 0 Å². The molecule has 3 aromatic heterocycles. The summed E-state index contributed by atoms with van der Waals surface area (Å²) in [6.07, 6.45) is 2.65. The number of hydrogen-bond acceptors (Lipinski definition) is 7. The van der Waals surface area contributed by atoms with Gasteiger partial charge in [-0.05, 0) is 18.2 Å². The number of aromatic nitrogens is 3. The van der Waals surface area contributed by atoms with Gasteiger partial charge in [-0.3, -0.25) is 14.0 Å². The van der Waals surface area contributed by atoms with E-state index in [-0.39, 0.29) is 35.8 Å². The predicted molar refractivity (Wildman–Crippen MR) is 101 cm³/mol. The Kier molecular flexibility index (Phi) is 5.63. The van der Waals surface area contributed by atoms with Crippen molar-refractivity contribution in [2.24, 2.45) is 11.5 Å². The van der Waals surface area contributed by atoms with Gasteiger partial charge in [0.2, 0.25) is 0 Å². The Hall–Kier alpha value is -2.95. The summed E-state index contributed by atoms with van der Waals surface area (Å²) < 4.78 is 12.4. The molecule has 1 atom stereocenters. The van der Waals surface area contributed by atoms with Crippen molar-refractivity contribution in [3.8, 4) is 11.5 Å². The maximum atomic E-state index is 13.2. The second kappa shape index (κ2) is 7.97.